The molecule has 152 valence electrons. The third kappa shape index (κ3) is 6.82. The average molecular weight is 417 g/mol. The molecule has 0 heterocycles. The van der Waals surface area contributed by atoms with Gasteiger partial charge in [0.2, 0.25) is 0 Å². The van der Waals surface area contributed by atoms with Gasteiger partial charge in [-0.25, -0.2) is 0 Å². The molecule has 2 aromatic rings. The van der Waals surface area contributed by atoms with Gasteiger partial charge in [-0.3, -0.25) is 0 Å². The number of thiol groups is 2. The summed E-state index contributed by atoms with van der Waals surface area (Å²) in [6.45, 7) is 10.2. The van der Waals surface area contributed by atoms with E-state index in [1.54, 1.807) is 0 Å². The Morgan fingerprint density at radius 3 is 1.39 bits per heavy atom. The highest BCUT2D eigenvalue weighted by molar-refractivity contribution is 7.96. The molecule has 28 heavy (non-hydrogen) atoms. The number of hydrogen-bond acceptors (Lipinski definition) is 4. The molecular formula is C24H32O2S2. The van der Waals surface area contributed by atoms with Gasteiger partial charge in [-0.1, -0.05) is 64.1 Å². The summed E-state index contributed by atoms with van der Waals surface area (Å²) in [5.74, 6) is 2.87. The lowest BCUT2D eigenvalue weighted by atomic mass is 10.1. The van der Waals surface area contributed by atoms with Crippen LogP contribution in [0.5, 0.6) is 11.5 Å². The van der Waals surface area contributed by atoms with Gasteiger partial charge in [0.1, 0.15) is 11.5 Å². The molecular weight excluding hydrogens is 384 g/mol. The Balaban J connectivity index is 2.28. The summed E-state index contributed by atoms with van der Waals surface area (Å²) in [5.41, 5.74) is 1.88. The lowest BCUT2D eigenvalue weighted by Crippen LogP contribution is -2.03. The maximum atomic E-state index is 6.03. The Kier molecular flexibility index (Phi) is 9.33. The van der Waals surface area contributed by atoms with E-state index in [0.717, 1.165) is 45.3 Å². The lowest BCUT2D eigenvalue weighted by Gasteiger charge is -2.16. The molecule has 0 aliphatic carbocycles. The van der Waals surface area contributed by atoms with Crippen LogP contribution in [0.3, 0.4) is 0 Å². The highest BCUT2D eigenvalue weighted by atomic mass is 32.1. The number of benzene rings is 2. The highest BCUT2D eigenvalue weighted by Gasteiger charge is 2.14. The van der Waals surface area contributed by atoms with E-state index in [0.29, 0.717) is 25.0 Å². The Bertz CT molecular complexity index is 716. The minimum absolute atomic E-state index is 0.605. The van der Waals surface area contributed by atoms with Crippen LogP contribution in [0, 0.1) is 11.8 Å². The van der Waals surface area contributed by atoms with Gasteiger partial charge in [-0.2, -0.15) is 0 Å². The molecule has 0 saturated heterocycles. The van der Waals surface area contributed by atoms with Crippen molar-refractivity contribution in [1.82, 2.24) is 0 Å². The third-order valence-electron chi connectivity index (χ3n) is 4.41. The van der Waals surface area contributed by atoms with Crippen LogP contribution in [0.2, 0.25) is 0 Å². The molecule has 0 saturated carbocycles. The second kappa shape index (κ2) is 11.5. The summed E-state index contributed by atoms with van der Waals surface area (Å²) in [6, 6.07) is 16.0. The first kappa shape index (κ1) is 22.8. The van der Waals surface area contributed by atoms with E-state index in [4.69, 9.17) is 34.7 Å². The van der Waals surface area contributed by atoms with E-state index in [-0.39, 0.29) is 0 Å². The zero-order valence-corrected chi connectivity index (χ0v) is 19.1. The molecule has 0 N–H and O–H groups in total. The average Bonchev–Trinajstić information content (AvgIpc) is 2.67. The third-order valence-corrected chi connectivity index (χ3v) is 5.52. The minimum Gasteiger partial charge on any atom is -0.493 e. The van der Waals surface area contributed by atoms with Gasteiger partial charge in [0.05, 0.1) is 13.2 Å². The summed E-state index contributed by atoms with van der Waals surface area (Å²) >= 11 is 9.59. The van der Waals surface area contributed by atoms with Crippen LogP contribution in [0.1, 0.15) is 51.7 Å². The molecule has 0 aliphatic rings. The smallest absolute Gasteiger partial charge is 0.127 e. The van der Waals surface area contributed by atoms with Crippen molar-refractivity contribution in [2.24, 2.45) is 11.8 Å². The fourth-order valence-corrected chi connectivity index (χ4v) is 3.25. The molecule has 2 aromatic carbocycles. The molecule has 0 unspecified atom stereocenters. The first-order valence-electron chi connectivity index (χ1n) is 9.96. The van der Waals surface area contributed by atoms with E-state index >= 15 is 0 Å². The molecule has 0 fully saturated rings. The van der Waals surface area contributed by atoms with Crippen molar-refractivity contribution >= 4 is 35.1 Å². The molecule has 0 radical (unpaired) electrons. The maximum Gasteiger partial charge on any atom is 0.127 e. The predicted octanol–water partition coefficient (Wildman–Crippen LogP) is 7.22. The second-order valence-electron chi connectivity index (χ2n) is 7.75. The van der Waals surface area contributed by atoms with Gasteiger partial charge in [0.25, 0.3) is 0 Å². The standard InChI is InChI=1S/C24H32O2S2/c1-17(2)13-15-25-21-11-7-5-9-19(21)23(27)24(28)20-10-6-8-12-22(20)26-16-14-18(3)4/h5-12,17-18,27-28H,13-16H2,1-4H3/b24-23-. The van der Waals surface area contributed by atoms with Crippen molar-refractivity contribution in [2.45, 2.75) is 40.5 Å². The van der Waals surface area contributed by atoms with Gasteiger partial charge in [0.15, 0.2) is 0 Å². The van der Waals surface area contributed by atoms with Crippen LogP contribution in [0.25, 0.3) is 9.81 Å². The Morgan fingerprint density at radius 2 is 1.04 bits per heavy atom. The normalized spacial score (nSPS) is 12.3. The fraction of sp³-hybridized carbons (Fsp3) is 0.417. The first-order valence-corrected chi connectivity index (χ1v) is 10.9. The summed E-state index contributed by atoms with van der Waals surface area (Å²) < 4.78 is 12.1. The van der Waals surface area contributed by atoms with E-state index in [2.05, 4.69) is 27.7 Å². The summed E-state index contributed by atoms with van der Waals surface area (Å²) in [4.78, 5) is 1.56. The molecule has 0 atom stereocenters. The van der Waals surface area contributed by atoms with Gasteiger partial charge < -0.3 is 9.47 Å². The number of para-hydroxylation sites is 2. The zero-order valence-electron chi connectivity index (χ0n) is 17.3. The molecule has 2 rings (SSSR count). The van der Waals surface area contributed by atoms with Crippen molar-refractivity contribution in [2.75, 3.05) is 13.2 Å². The Labute approximate surface area is 181 Å². The molecule has 2 nitrogen and oxygen atoms in total. The Hall–Kier alpha value is -1.52. The quantitative estimate of drug-likeness (QED) is 0.314. The number of ether oxygens (including phenoxy) is 2. The van der Waals surface area contributed by atoms with E-state index < -0.39 is 0 Å². The van der Waals surface area contributed by atoms with Crippen molar-refractivity contribution in [3.63, 3.8) is 0 Å². The van der Waals surface area contributed by atoms with E-state index in [9.17, 15) is 0 Å². The Morgan fingerprint density at radius 1 is 0.679 bits per heavy atom. The van der Waals surface area contributed by atoms with Gasteiger partial charge >= 0.3 is 0 Å². The summed E-state index contributed by atoms with van der Waals surface area (Å²) in [6.07, 6.45) is 2.03. The van der Waals surface area contributed by atoms with Crippen molar-refractivity contribution in [3.8, 4) is 11.5 Å². The molecule has 0 amide bonds. The fourth-order valence-electron chi connectivity index (χ4n) is 2.64. The number of hydrogen-bond donors (Lipinski definition) is 2. The van der Waals surface area contributed by atoms with Crippen LogP contribution in [0.4, 0.5) is 0 Å². The molecule has 0 aromatic heterocycles. The largest absolute Gasteiger partial charge is 0.493 e. The van der Waals surface area contributed by atoms with Crippen molar-refractivity contribution in [3.05, 3.63) is 59.7 Å². The number of rotatable bonds is 10. The summed E-state index contributed by atoms with van der Waals surface area (Å²) in [5, 5.41) is 0. The monoisotopic (exact) mass is 416 g/mol. The van der Waals surface area contributed by atoms with Crippen LogP contribution in [-0.2, 0) is 0 Å². The highest BCUT2D eigenvalue weighted by Crippen LogP contribution is 2.39. The van der Waals surface area contributed by atoms with Gasteiger partial charge in [-0.15, -0.1) is 25.3 Å². The molecule has 0 aliphatic heterocycles. The van der Waals surface area contributed by atoms with Crippen molar-refractivity contribution < 1.29 is 9.47 Å². The van der Waals surface area contributed by atoms with E-state index in [1.807, 2.05) is 48.5 Å². The topological polar surface area (TPSA) is 18.5 Å². The van der Waals surface area contributed by atoms with Crippen LogP contribution in [0.15, 0.2) is 48.5 Å². The summed E-state index contributed by atoms with van der Waals surface area (Å²) in [7, 11) is 0. The predicted molar refractivity (Wildman–Crippen MR) is 128 cm³/mol. The zero-order chi connectivity index (χ0) is 20.5. The second-order valence-corrected chi connectivity index (χ2v) is 8.65. The molecule has 0 bridgehead atoms. The van der Waals surface area contributed by atoms with Crippen LogP contribution < -0.4 is 9.47 Å². The molecule has 4 heteroatoms. The maximum absolute atomic E-state index is 6.03. The van der Waals surface area contributed by atoms with Gasteiger partial charge in [0, 0.05) is 20.9 Å². The minimum atomic E-state index is 0.605. The van der Waals surface area contributed by atoms with Gasteiger partial charge in [-0.05, 0) is 36.8 Å². The van der Waals surface area contributed by atoms with Crippen molar-refractivity contribution in [1.29, 1.82) is 0 Å². The molecule has 0 spiro atoms. The first-order chi connectivity index (χ1) is 13.4. The lowest BCUT2D eigenvalue weighted by molar-refractivity contribution is 0.288. The van der Waals surface area contributed by atoms with Crippen LogP contribution >= 0.6 is 25.3 Å². The van der Waals surface area contributed by atoms with Crippen LogP contribution in [-0.4, -0.2) is 13.2 Å². The SMILES string of the molecule is CC(C)CCOc1ccccc1/C(S)=C(/S)c1ccccc1OCCC(C)C. The van der Waals surface area contributed by atoms with E-state index in [1.165, 1.54) is 0 Å².